The molecule has 2 aliphatic rings. The van der Waals surface area contributed by atoms with Crippen LogP contribution in [-0.4, -0.2) is 92.6 Å². The first kappa shape index (κ1) is 34.0. The number of rotatable bonds is 8. The van der Waals surface area contributed by atoms with Gasteiger partial charge in [-0.3, -0.25) is 19.2 Å². The lowest BCUT2D eigenvalue weighted by Gasteiger charge is -2.38. The molecular formula is C36H31IN10O6. The second-order valence-corrected chi connectivity index (χ2v) is 14.0. The van der Waals surface area contributed by atoms with Crippen LogP contribution in [0.4, 0.5) is 0 Å². The van der Waals surface area contributed by atoms with Crippen molar-refractivity contribution in [3.8, 4) is 17.2 Å². The number of aromatic nitrogens is 8. The number of benzene rings is 2. The average molecular weight is 827 g/mol. The smallest absolute Gasteiger partial charge is 0.275 e. The maximum absolute atomic E-state index is 13.9. The van der Waals surface area contributed by atoms with E-state index in [-0.39, 0.29) is 35.5 Å². The van der Waals surface area contributed by atoms with Crippen molar-refractivity contribution in [3.05, 3.63) is 145 Å². The summed E-state index contributed by atoms with van der Waals surface area (Å²) in [5.74, 6) is -1.57. The Morgan fingerprint density at radius 3 is 2.09 bits per heavy atom. The molecule has 0 aliphatic carbocycles. The van der Waals surface area contributed by atoms with Gasteiger partial charge in [-0.25, -0.2) is 19.3 Å². The predicted octanol–water partition coefficient (Wildman–Crippen LogP) is 3.13. The lowest BCUT2D eigenvalue weighted by molar-refractivity contribution is 0.0664. The monoisotopic (exact) mass is 826 g/mol. The Kier molecular flexibility index (Phi) is 8.63. The second-order valence-electron chi connectivity index (χ2n) is 12.9. The maximum atomic E-state index is 13.9. The molecule has 1 N–H and O–H groups in total. The normalized spacial score (nSPS) is 18.0. The summed E-state index contributed by atoms with van der Waals surface area (Å²) in [5, 5.41) is 19.5. The van der Waals surface area contributed by atoms with Gasteiger partial charge in [0.05, 0.1) is 49.2 Å². The van der Waals surface area contributed by atoms with Crippen molar-refractivity contribution in [2.45, 2.75) is 24.2 Å². The minimum Gasteiger partial charge on any atom is -0.502 e. The zero-order valence-corrected chi connectivity index (χ0v) is 30.5. The Morgan fingerprint density at radius 2 is 1.43 bits per heavy atom. The fourth-order valence-corrected chi connectivity index (χ4v) is 7.68. The maximum Gasteiger partial charge on any atom is 0.275 e. The van der Waals surface area contributed by atoms with Crippen LogP contribution >= 0.6 is 22.6 Å². The van der Waals surface area contributed by atoms with E-state index in [2.05, 4.69) is 42.8 Å². The van der Waals surface area contributed by atoms with E-state index in [9.17, 15) is 24.3 Å². The van der Waals surface area contributed by atoms with Crippen molar-refractivity contribution in [2.75, 3.05) is 27.2 Å². The molecule has 0 saturated heterocycles. The fraction of sp³-hybridized carbons (Fsp3) is 0.222. The molecule has 268 valence electrons. The molecule has 4 atom stereocenters. The lowest BCUT2D eigenvalue weighted by atomic mass is 9.96. The summed E-state index contributed by atoms with van der Waals surface area (Å²) < 4.78 is 13.8. The number of aromatic hydroxyl groups is 1. The number of likely N-dealkylation sites (N-methyl/N-ethyl adjacent to an activating group) is 2. The molecule has 2 aromatic carbocycles. The van der Waals surface area contributed by atoms with Gasteiger partial charge in [0.25, 0.3) is 11.8 Å². The van der Waals surface area contributed by atoms with E-state index in [0.717, 1.165) is 18.0 Å². The van der Waals surface area contributed by atoms with Crippen molar-refractivity contribution in [1.82, 2.24) is 48.5 Å². The zero-order chi connectivity index (χ0) is 37.0. The van der Waals surface area contributed by atoms with Crippen molar-refractivity contribution in [3.63, 3.8) is 0 Å². The Balaban J connectivity index is 1.23. The van der Waals surface area contributed by atoms with E-state index in [0.29, 0.717) is 15.8 Å². The van der Waals surface area contributed by atoms with Crippen LogP contribution in [0.2, 0.25) is 0 Å². The van der Waals surface area contributed by atoms with E-state index in [1.807, 2.05) is 57.9 Å². The van der Waals surface area contributed by atoms with Crippen LogP contribution in [0.1, 0.15) is 56.3 Å². The number of halogens is 1. The summed E-state index contributed by atoms with van der Waals surface area (Å²) in [5.41, 5.74) is 0.0772. The van der Waals surface area contributed by atoms with Gasteiger partial charge in [0.15, 0.2) is 17.1 Å². The molecule has 0 fully saturated rings. The van der Waals surface area contributed by atoms with E-state index in [4.69, 9.17) is 4.74 Å². The molecule has 17 heteroatoms. The van der Waals surface area contributed by atoms with Gasteiger partial charge in [-0.2, -0.15) is 10.2 Å². The largest absolute Gasteiger partial charge is 0.502 e. The van der Waals surface area contributed by atoms with Gasteiger partial charge in [0.2, 0.25) is 16.6 Å². The van der Waals surface area contributed by atoms with Crippen LogP contribution in [0.3, 0.4) is 0 Å². The third-order valence-corrected chi connectivity index (χ3v) is 10.2. The van der Waals surface area contributed by atoms with Crippen LogP contribution in [-0.2, 0) is 0 Å². The second kappa shape index (κ2) is 13.5. The number of imidazole rings is 2. The van der Waals surface area contributed by atoms with Crippen LogP contribution in [0, 0.1) is 3.70 Å². The fourth-order valence-electron chi connectivity index (χ4n) is 7.23. The van der Waals surface area contributed by atoms with Gasteiger partial charge in [0, 0.05) is 45.8 Å². The molecule has 0 saturated carbocycles. The standard InChI is InChI=1S/C36H31IN10O6/c1-42-17-25(46-31(35(42)51)33(50)26(48)14-40-46)30(45-18-28(37)39-20-45)22-9-6-10-23(13-22)53-34-27(49)15-41-47-24(16-43(2)36(52)32(34)47)29(44-12-11-38-19-44)21-7-4-3-5-8-21/h3-15,18-20,24-25,29-30,50H,16-17H2,1-2H3. The number of hydrogen-bond donors (Lipinski definition) is 1. The van der Waals surface area contributed by atoms with Crippen molar-refractivity contribution in [2.24, 2.45) is 0 Å². The Bertz CT molecular complexity index is 2480. The molecule has 2 aliphatic heterocycles. The van der Waals surface area contributed by atoms with Crippen LogP contribution < -0.4 is 15.6 Å². The average Bonchev–Trinajstić information content (AvgIpc) is 3.84. The summed E-state index contributed by atoms with van der Waals surface area (Å²) in [7, 11) is 3.26. The molecule has 0 radical (unpaired) electrons. The minimum atomic E-state index is -0.766. The molecule has 6 heterocycles. The summed E-state index contributed by atoms with van der Waals surface area (Å²) >= 11 is 2.09. The predicted molar refractivity (Wildman–Crippen MR) is 197 cm³/mol. The van der Waals surface area contributed by atoms with Gasteiger partial charge in [-0.15, -0.1) is 0 Å². The highest BCUT2D eigenvalue weighted by Crippen LogP contribution is 2.39. The van der Waals surface area contributed by atoms with Crippen LogP contribution in [0.25, 0.3) is 0 Å². The highest BCUT2D eigenvalue weighted by molar-refractivity contribution is 14.1. The summed E-state index contributed by atoms with van der Waals surface area (Å²) in [6.07, 6.45) is 10.9. The molecule has 2 amide bonds. The highest BCUT2D eigenvalue weighted by atomic mass is 127. The molecular weight excluding hydrogens is 795 g/mol. The molecule has 0 bridgehead atoms. The van der Waals surface area contributed by atoms with Gasteiger partial charge in [-0.05, 0) is 45.9 Å². The summed E-state index contributed by atoms with van der Waals surface area (Å²) in [4.78, 5) is 64.6. The van der Waals surface area contributed by atoms with Crippen LogP contribution in [0.15, 0.2) is 108 Å². The summed E-state index contributed by atoms with van der Waals surface area (Å²) in [6.45, 7) is 0.473. The van der Waals surface area contributed by atoms with Crippen molar-refractivity contribution < 1.29 is 19.4 Å². The molecule has 53 heavy (non-hydrogen) atoms. The first-order valence-corrected chi connectivity index (χ1v) is 17.6. The molecule has 16 nitrogen and oxygen atoms in total. The van der Waals surface area contributed by atoms with Gasteiger partial charge in [0.1, 0.15) is 9.45 Å². The topological polar surface area (TPSA) is 176 Å². The van der Waals surface area contributed by atoms with Gasteiger partial charge < -0.3 is 28.8 Å². The third-order valence-electron chi connectivity index (χ3n) is 9.63. The van der Waals surface area contributed by atoms with Gasteiger partial charge >= 0.3 is 0 Å². The molecule has 4 unspecified atom stereocenters. The number of carbonyl (C=O) groups excluding carboxylic acids is 2. The number of ether oxygens (including phenoxy) is 1. The van der Waals surface area contributed by atoms with Crippen LogP contribution in [0.5, 0.6) is 17.2 Å². The van der Waals surface area contributed by atoms with E-state index in [1.165, 1.54) is 9.58 Å². The Morgan fingerprint density at radius 1 is 0.792 bits per heavy atom. The number of fused-ring (bicyclic) bond motifs is 2. The third kappa shape index (κ3) is 5.95. The molecule has 8 rings (SSSR count). The number of nitrogens with zero attached hydrogens (tertiary/aromatic N) is 10. The molecule has 4 aromatic heterocycles. The Labute approximate surface area is 314 Å². The number of carbonyl (C=O) groups is 2. The Hall–Kier alpha value is -6.11. The van der Waals surface area contributed by atoms with Gasteiger partial charge in [-0.1, -0.05) is 42.5 Å². The van der Waals surface area contributed by atoms with E-state index < -0.39 is 46.5 Å². The quantitative estimate of drug-likeness (QED) is 0.225. The molecule has 0 spiro atoms. The van der Waals surface area contributed by atoms with E-state index in [1.54, 1.807) is 60.7 Å². The van der Waals surface area contributed by atoms with Crippen molar-refractivity contribution >= 4 is 34.4 Å². The number of amides is 2. The lowest BCUT2D eigenvalue weighted by Crippen LogP contribution is -2.46. The zero-order valence-electron chi connectivity index (χ0n) is 28.3. The van der Waals surface area contributed by atoms with Crippen molar-refractivity contribution in [1.29, 1.82) is 0 Å². The van der Waals surface area contributed by atoms with E-state index >= 15 is 0 Å². The summed E-state index contributed by atoms with van der Waals surface area (Å²) in [6, 6.07) is 14.8. The first-order chi connectivity index (χ1) is 25.6. The highest BCUT2D eigenvalue weighted by Gasteiger charge is 2.41. The molecule has 6 aromatic rings. The minimum absolute atomic E-state index is 0.00778. The first-order valence-electron chi connectivity index (χ1n) is 16.5. The number of hydrogen-bond acceptors (Lipinski definition) is 10. The SMILES string of the molecule is CN1CC(C(c2cccc(Oc3c4n(ncc3=O)C(C(c3ccccc3)n3ccnc3)CN(C)C4=O)c2)n2cnc(I)c2)n2ncc(=O)c(O)c2C1=O.